The average molecular weight is 435 g/mol. The number of unbranched alkanes of at least 4 members (excludes halogenated alkanes) is 2. The zero-order chi connectivity index (χ0) is 22.1. The van der Waals surface area contributed by atoms with Gasteiger partial charge < -0.3 is 16.0 Å². The molecular weight excluding hydrogens is 404 g/mol. The van der Waals surface area contributed by atoms with E-state index in [-0.39, 0.29) is 5.91 Å². The van der Waals surface area contributed by atoms with Crippen molar-refractivity contribution in [2.75, 3.05) is 24.3 Å². The molecule has 3 rings (SSSR count). The molecule has 0 bridgehead atoms. The minimum Gasteiger partial charge on any atom is -0.383 e. The van der Waals surface area contributed by atoms with Crippen LogP contribution in [0.1, 0.15) is 36.1 Å². The number of benzene rings is 2. The molecule has 1 aromatic heterocycles. The molecule has 0 aliphatic rings. The van der Waals surface area contributed by atoms with Crippen molar-refractivity contribution in [3.8, 4) is 0 Å². The third-order valence-electron chi connectivity index (χ3n) is 5.00. The predicted molar refractivity (Wildman–Crippen MR) is 133 cm³/mol. The zero-order valence-corrected chi connectivity index (χ0v) is 19.0. The summed E-state index contributed by atoms with van der Waals surface area (Å²) in [7, 11) is 4.00. The van der Waals surface area contributed by atoms with Crippen molar-refractivity contribution in [2.45, 2.75) is 32.1 Å². The van der Waals surface area contributed by atoms with Crippen LogP contribution in [0, 0.1) is 0 Å². The van der Waals surface area contributed by atoms with Crippen molar-refractivity contribution < 1.29 is 4.79 Å². The number of carbonyl (C=O) groups excluding carboxylic acids is 1. The number of nitrogens with two attached hydrogens (primary N) is 1. The van der Waals surface area contributed by atoms with Crippen LogP contribution in [0.5, 0.6) is 0 Å². The molecule has 0 spiro atoms. The lowest BCUT2D eigenvalue weighted by Crippen LogP contribution is -2.12. The number of rotatable bonds is 10. The summed E-state index contributed by atoms with van der Waals surface area (Å²) < 4.78 is 0. The summed E-state index contributed by atoms with van der Waals surface area (Å²) >= 11 is 1.59. The van der Waals surface area contributed by atoms with Gasteiger partial charge in [0.05, 0.1) is 10.6 Å². The first kappa shape index (κ1) is 22.6. The molecule has 1 amide bonds. The van der Waals surface area contributed by atoms with Gasteiger partial charge in [0.25, 0.3) is 0 Å². The van der Waals surface area contributed by atoms with Crippen LogP contribution < -0.4 is 16.0 Å². The van der Waals surface area contributed by atoms with E-state index >= 15 is 0 Å². The molecule has 3 N–H and O–H groups in total. The number of aliphatic imine (C=N–C) groups is 1. The molecular formula is C25H30N4OS. The number of hydrogen-bond acceptors (Lipinski definition) is 4. The molecule has 3 aromatic rings. The highest BCUT2D eigenvalue weighted by Gasteiger charge is 2.04. The Labute approximate surface area is 188 Å². The maximum absolute atomic E-state index is 12.1. The predicted octanol–water partition coefficient (Wildman–Crippen LogP) is 5.59. The Morgan fingerprint density at radius 1 is 1.00 bits per heavy atom. The maximum Gasteiger partial charge on any atom is 0.224 e. The van der Waals surface area contributed by atoms with Crippen molar-refractivity contribution in [1.29, 1.82) is 0 Å². The van der Waals surface area contributed by atoms with Crippen molar-refractivity contribution in [3.05, 3.63) is 76.5 Å². The van der Waals surface area contributed by atoms with E-state index in [2.05, 4.69) is 22.4 Å². The van der Waals surface area contributed by atoms with Crippen LogP contribution in [0.4, 0.5) is 17.1 Å². The molecule has 0 fully saturated rings. The number of aryl methyl sites for hydroxylation is 1. The van der Waals surface area contributed by atoms with E-state index in [0.29, 0.717) is 12.3 Å². The Morgan fingerprint density at radius 3 is 2.39 bits per heavy atom. The molecule has 5 nitrogen and oxygen atoms in total. The lowest BCUT2D eigenvalue weighted by molar-refractivity contribution is -0.116. The maximum atomic E-state index is 12.1. The van der Waals surface area contributed by atoms with E-state index < -0.39 is 0 Å². The minimum atomic E-state index is 0.0724. The van der Waals surface area contributed by atoms with Crippen molar-refractivity contribution in [2.24, 2.45) is 10.7 Å². The largest absolute Gasteiger partial charge is 0.383 e. The topological polar surface area (TPSA) is 70.7 Å². The molecule has 0 atom stereocenters. The van der Waals surface area contributed by atoms with Gasteiger partial charge in [-0.2, -0.15) is 0 Å². The Hall–Kier alpha value is -3.12. The number of hydrogen-bond donors (Lipinski definition) is 2. The van der Waals surface area contributed by atoms with Crippen molar-refractivity contribution in [1.82, 2.24) is 0 Å². The van der Waals surface area contributed by atoms with Gasteiger partial charge >= 0.3 is 0 Å². The molecule has 0 saturated carbocycles. The summed E-state index contributed by atoms with van der Waals surface area (Å²) in [6, 6.07) is 20.0. The first-order valence-corrected chi connectivity index (χ1v) is 11.4. The Bertz CT molecular complexity index is 977. The van der Waals surface area contributed by atoms with Crippen LogP contribution in [-0.4, -0.2) is 25.8 Å². The summed E-state index contributed by atoms with van der Waals surface area (Å²) in [4.78, 5) is 19.6. The quantitative estimate of drug-likeness (QED) is 0.248. The van der Waals surface area contributed by atoms with Crippen LogP contribution >= 0.6 is 11.3 Å². The summed E-state index contributed by atoms with van der Waals surface area (Å²) in [5, 5.41) is 4.96. The third kappa shape index (κ3) is 7.26. The summed E-state index contributed by atoms with van der Waals surface area (Å²) in [6.07, 6.45) is 4.52. The molecule has 6 heteroatoms. The fourth-order valence-electron chi connectivity index (χ4n) is 3.21. The van der Waals surface area contributed by atoms with E-state index in [9.17, 15) is 4.79 Å². The number of amidine groups is 1. The first-order chi connectivity index (χ1) is 15.0. The number of carbonyl (C=O) groups is 1. The van der Waals surface area contributed by atoms with Gasteiger partial charge in [-0.25, -0.2) is 4.99 Å². The number of anilines is 2. The first-order valence-electron chi connectivity index (χ1n) is 10.6. The molecule has 2 aromatic carbocycles. The Kier molecular flexibility index (Phi) is 8.24. The molecule has 0 aliphatic carbocycles. The highest BCUT2D eigenvalue weighted by molar-refractivity contribution is 7.12. The van der Waals surface area contributed by atoms with Crippen molar-refractivity contribution in [3.63, 3.8) is 0 Å². The Balaban J connectivity index is 1.35. The molecule has 0 radical (unpaired) electrons. The molecule has 1 heterocycles. The lowest BCUT2D eigenvalue weighted by Gasteiger charge is -2.13. The number of nitrogens with one attached hydrogen (secondary N) is 1. The number of nitrogens with zero attached hydrogens (tertiary/aromatic N) is 2. The second-order valence-corrected chi connectivity index (χ2v) is 8.64. The van der Waals surface area contributed by atoms with Gasteiger partial charge in [0.15, 0.2) is 0 Å². The van der Waals surface area contributed by atoms with Crippen LogP contribution in [0.25, 0.3) is 0 Å². The van der Waals surface area contributed by atoms with Crippen molar-refractivity contribution >= 4 is 40.1 Å². The van der Waals surface area contributed by atoms with Crippen LogP contribution in [0.15, 0.2) is 71.0 Å². The summed E-state index contributed by atoms with van der Waals surface area (Å²) in [6.45, 7) is 0. The number of thiophene rings is 1. The normalized spacial score (nSPS) is 11.4. The highest BCUT2D eigenvalue weighted by atomic mass is 32.1. The van der Waals surface area contributed by atoms with E-state index in [0.717, 1.165) is 47.6 Å². The third-order valence-corrected chi connectivity index (χ3v) is 5.89. The molecule has 162 valence electrons. The second kappa shape index (κ2) is 11.3. The minimum absolute atomic E-state index is 0.0724. The second-order valence-electron chi connectivity index (χ2n) is 7.69. The standard InChI is InChI=1S/C25H30N4OS/c1-29(2)22-16-14-20(15-17-22)27-24(30)9-5-3-4-7-19-10-12-21(13-11-19)28-25(26)23-8-6-18-31-23/h6,8,10-18H,3-5,7,9H2,1-2H3,(H2,26,28)(H,27,30). The summed E-state index contributed by atoms with van der Waals surface area (Å²) in [5.41, 5.74) is 10.1. The smallest absolute Gasteiger partial charge is 0.224 e. The van der Waals surface area contributed by atoms with Crippen LogP contribution in [0.2, 0.25) is 0 Å². The fraction of sp³-hybridized carbons (Fsp3) is 0.280. The van der Waals surface area contributed by atoms with Gasteiger partial charge in [-0.3, -0.25) is 4.79 Å². The average Bonchev–Trinajstić information content (AvgIpc) is 3.30. The SMILES string of the molecule is CN(C)c1ccc(NC(=O)CCCCCc2ccc(N=C(N)c3cccs3)cc2)cc1. The van der Waals surface area contributed by atoms with Gasteiger partial charge in [-0.05, 0) is 72.7 Å². The fourth-order valence-corrected chi connectivity index (χ4v) is 3.84. The monoisotopic (exact) mass is 434 g/mol. The molecule has 0 unspecified atom stereocenters. The zero-order valence-electron chi connectivity index (χ0n) is 18.2. The van der Waals surface area contributed by atoms with E-state index in [1.54, 1.807) is 11.3 Å². The van der Waals surface area contributed by atoms with E-state index in [4.69, 9.17) is 5.73 Å². The lowest BCUT2D eigenvalue weighted by atomic mass is 10.1. The van der Waals surface area contributed by atoms with Gasteiger partial charge in [-0.15, -0.1) is 11.3 Å². The van der Waals surface area contributed by atoms with E-state index in [1.807, 2.05) is 72.9 Å². The van der Waals surface area contributed by atoms with Gasteiger partial charge in [0, 0.05) is 31.9 Å². The van der Waals surface area contributed by atoms with Crippen LogP contribution in [-0.2, 0) is 11.2 Å². The van der Waals surface area contributed by atoms with Gasteiger partial charge in [0.2, 0.25) is 5.91 Å². The van der Waals surface area contributed by atoms with Gasteiger partial charge in [0.1, 0.15) is 5.84 Å². The molecule has 0 saturated heterocycles. The summed E-state index contributed by atoms with van der Waals surface area (Å²) in [5.74, 6) is 0.623. The molecule has 0 aliphatic heterocycles. The van der Waals surface area contributed by atoms with Gasteiger partial charge in [-0.1, -0.05) is 24.6 Å². The van der Waals surface area contributed by atoms with Crippen LogP contribution in [0.3, 0.4) is 0 Å². The molecule has 31 heavy (non-hydrogen) atoms. The highest BCUT2D eigenvalue weighted by Crippen LogP contribution is 2.18. The van der Waals surface area contributed by atoms with E-state index in [1.165, 1.54) is 5.56 Å². The number of amides is 1. The Morgan fingerprint density at radius 2 is 1.74 bits per heavy atom.